The van der Waals surface area contributed by atoms with E-state index in [4.69, 9.17) is 0 Å². The average molecular weight is 268 g/mol. The van der Waals surface area contributed by atoms with Crippen LogP contribution >= 0.6 is 0 Å². The Bertz CT molecular complexity index is 659. The van der Waals surface area contributed by atoms with Gasteiger partial charge in [0.05, 0.1) is 0 Å². The van der Waals surface area contributed by atoms with E-state index >= 15 is 0 Å². The molecule has 2 aromatic rings. The van der Waals surface area contributed by atoms with E-state index in [0.29, 0.717) is 5.69 Å². The van der Waals surface area contributed by atoms with Crippen LogP contribution in [0.2, 0.25) is 0 Å². The van der Waals surface area contributed by atoms with E-state index < -0.39 is 18.0 Å². The Morgan fingerprint density at radius 3 is 2.63 bits per heavy atom. The lowest BCUT2D eigenvalue weighted by atomic mass is 9.97. The third-order valence-corrected chi connectivity index (χ3v) is 3.50. The van der Waals surface area contributed by atoms with Crippen molar-refractivity contribution in [3.8, 4) is 0 Å². The average Bonchev–Trinajstić information content (AvgIpc) is 2.67. The number of aromatic nitrogens is 1. The highest BCUT2D eigenvalue weighted by Gasteiger charge is 2.54. The van der Waals surface area contributed by atoms with E-state index in [1.54, 1.807) is 18.2 Å². The van der Waals surface area contributed by atoms with Gasteiger partial charge in [-0.1, -0.05) is 0 Å². The van der Waals surface area contributed by atoms with Gasteiger partial charge in [-0.15, -0.1) is 0 Å². The minimum absolute atomic E-state index is 0.291. The molecular formula is C13H11F3N2O. The highest BCUT2D eigenvalue weighted by Crippen LogP contribution is 2.38. The lowest BCUT2D eigenvalue weighted by Crippen LogP contribution is -2.58. The van der Waals surface area contributed by atoms with E-state index in [0.717, 1.165) is 10.9 Å². The van der Waals surface area contributed by atoms with Crippen LogP contribution in [0.3, 0.4) is 0 Å². The topological polar surface area (TPSA) is 25.2 Å². The largest absolute Gasteiger partial charge is 0.402 e. The molecule has 3 rings (SSSR count). The summed E-state index contributed by atoms with van der Waals surface area (Å²) >= 11 is 0. The molecule has 2 heterocycles. The third-order valence-electron chi connectivity index (χ3n) is 3.50. The Morgan fingerprint density at radius 1 is 1.26 bits per heavy atom. The summed E-state index contributed by atoms with van der Waals surface area (Å²) in [5.41, 5.74) is 1.49. The standard InChI is InChI=1S/C13H11F3N2O/c1-17-5-4-8-6-9(2-3-11(8)17)18-7-10(12(18)19)13(14,15)16/h2-6,10H,7H2,1H3. The van der Waals surface area contributed by atoms with Crippen molar-refractivity contribution in [2.75, 3.05) is 11.4 Å². The van der Waals surface area contributed by atoms with Crippen LogP contribution in [0.4, 0.5) is 18.9 Å². The van der Waals surface area contributed by atoms with Crippen LogP contribution in [-0.2, 0) is 11.8 Å². The predicted octanol–water partition coefficient (Wildman–Crippen LogP) is 2.70. The maximum Gasteiger partial charge on any atom is 0.402 e. The van der Waals surface area contributed by atoms with Crippen LogP contribution in [0, 0.1) is 5.92 Å². The van der Waals surface area contributed by atoms with Crippen molar-refractivity contribution in [2.45, 2.75) is 6.18 Å². The molecule has 1 aliphatic rings. The summed E-state index contributed by atoms with van der Waals surface area (Å²) in [6.07, 6.45) is -2.57. The number of amides is 1. The lowest BCUT2D eigenvalue weighted by Gasteiger charge is -2.39. The van der Waals surface area contributed by atoms with Gasteiger partial charge in [-0.3, -0.25) is 4.79 Å². The molecule has 1 saturated heterocycles. The summed E-state index contributed by atoms with van der Waals surface area (Å²) in [6.45, 7) is -0.291. The number of anilines is 1. The monoisotopic (exact) mass is 268 g/mol. The second kappa shape index (κ2) is 3.76. The summed E-state index contributed by atoms with van der Waals surface area (Å²) in [7, 11) is 1.89. The van der Waals surface area contributed by atoms with Crippen molar-refractivity contribution in [3.63, 3.8) is 0 Å². The zero-order chi connectivity index (χ0) is 13.8. The zero-order valence-electron chi connectivity index (χ0n) is 10.1. The van der Waals surface area contributed by atoms with Crippen molar-refractivity contribution in [3.05, 3.63) is 30.5 Å². The SMILES string of the molecule is Cn1ccc2cc(N3CC(C(F)(F)F)C3=O)ccc21. The van der Waals surface area contributed by atoms with Crippen molar-refractivity contribution < 1.29 is 18.0 Å². The molecule has 1 fully saturated rings. The minimum Gasteiger partial charge on any atom is -0.351 e. The van der Waals surface area contributed by atoms with Gasteiger partial charge < -0.3 is 9.47 Å². The number of carbonyl (C=O) groups excluding carboxylic acids is 1. The molecule has 0 bridgehead atoms. The minimum atomic E-state index is -4.44. The zero-order valence-corrected chi connectivity index (χ0v) is 10.1. The smallest absolute Gasteiger partial charge is 0.351 e. The van der Waals surface area contributed by atoms with Gasteiger partial charge in [-0.2, -0.15) is 13.2 Å². The van der Waals surface area contributed by atoms with E-state index in [1.807, 2.05) is 23.9 Å². The third kappa shape index (κ3) is 1.78. The number of alkyl halides is 3. The summed E-state index contributed by atoms with van der Waals surface area (Å²) in [5, 5.41) is 0.906. The second-order valence-electron chi connectivity index (χ2n) is 4.71. The second-order valence-corrected chi connectivity index (χ2v) is 4.71. The Balaban J connectivity index is 1.89. The fourth-order valence-electron chi connectivity index (χ4n) is 2.34. The Hall–Kier alpha value is -1.98. The summed E-state index contributed by atoms with van der Waals surface area (Å²) in [4.78, 5) is 12.7. The van der Waals surface area contributed by atoms with Crippen molar-refractivity contribution >= 4 is 22.5 Å². The number of aryl methyl sites for hydroxylation is 1. The number of halogens is 3. The number of β-lactam (4-membered cyclic amide) rings is 1. The molecule has 1 aromatic heterocycles. The number of fused-ring (bicyclic) bond motifs is 1. The molecule has 1 unspecified atom stereocenters. The van der Waals surface area contributed by atoms with Gasteiger partial charge in [-0.25, -0.2) is 0 Å². The number of nitrogens with zero attached hydrogens (tertiary/aromatic N) is 2. The predicted molar refractivity (Wildman–Crippen MR) is 64.8 cm³/mol. The maximum absolute atomic E-state index is 12.4. The fourth-order valence-corrected chi connectivity index (χ4v) is 2.34. The van der Waals surface area contributed by atoms with E-state index in [2.05, 4.69) is 0 Å². The molecule has 3 nitrogen and oxygen atoms in total. The van der Waals surface area contributed by atoms with Gasteiger partial charge in [0, 0.05) is 36.4 Å². The van der Waals surface area contributed by atoms with E-state index in [-0.39, 0.29) is 6.54 Å². The molecule has 1 atom stereocenters. The van der Waals surface area contributed by atoms with Crippen LogP contribution in [-0.4, -0.2) is 23.2 Å². The Morgan fingerprint density at radius 2 is 2.00 bits per heavy atom. The number of benzene rings is 1. The Labute approximate surface area is 107 Å². The molecule has 100 valence electrons. The molecule has 0 aliphatic carbocycles. The molecule has 6 heteroatoms. The van der Waals surface area contributed by atoms with Gasteiger partial charge in [0.1, 0.15) is 0 Å². The normalized spacial score (nSPS) is 19.9. The first-order valence-electron chi connectivity index (χ1n) is 5.81. The highest BCUT2D eigenvalue weighted by atomic mass is 19.4. The lowest BCUT2D eigenvalue weighted by molar-refractivity contribution is -0.189. The van der Waals surface area contributed by atoms with Gasteiger partial charge in [0.2, 0.25) is 5.91 Å². The van der Waals surface area contributed by atoms with E-state index in [1.165, 1.54) is 4.90 Å². The number of carbonyl (C=O) groups is 1. The number of rotatable bonds is 1. The molecule has 1 aromatic carbocycles. The van der Waals surface area contributed by atoms with Crippen LogP contribution in [0.25, 0.3) is 10.9 Å². The first-order chi connectivity index (χ1) is 8.88. The molecular weight excluding hydrogens is 257 g/mol. The first kappa shape index (κ1) is 12.1. The molecule has 1 amide bonds. The van der Waals surface area contributed by atoms with Crippen molar-refractivity contribution in [2.24, 2.45) is 13.0 Å². The van der Waals surface area contributed by atoms with Crippen molar-refractivity contribution in [1.82, 2.24) is 4.57 Å². The molecule has 0 radical (unpaired) electrons. The maximum atomic E-state index is 12.4. The molecule has 19 heavy (non-hydrogen) atoms. The van der Waals surface area contributed by atoms with Crippen LogP contribution < -0.4 is 4.90 Å². The van der Waals surface area contributed by atoms with Crippen LogP contribution in [0.15, 0.2) is 30.5 Å². The molecule has 0 spiro atoms. The van der Waals surface area contributed by atoms with Gasteiger partial charge in [0.15, 0.2) is 5.92 Å². The summed E-state index contributed by atoms with van der Waals surface area (Å²) < 4.78 is 39.2. The van der Waals surface area contributed by atoms with Crippen molar-refractivity contribution in [1.29, 1.82) is 0 Å². The highest BCUT2D eigenvalue weighted by molar-refractivity contribution is 6.03. The van der Waals surface area contributed by atoms with Gasteiger partial charge >= 0.3 is 6.18 Å². The summed E-state index contributed by atoms with van der Waals surface area (Å²) in [5.74, 6) is -2.72. The Kier molecular flexibility index (Phi) is 2.39. The molecule has 0 N–H and O–H groups in total. The molecule has 1 aliphatic heterocycles. The van der Waals surface area contributed by atoms with E-state index in [9.17, 15) is 18.0 Å². The van der Waals surface area contributed by atoms with Crippen LogP contribution in [0.5, 0.6) is 0 Å². The van der Waals surface area contributed by atoms with Crippen LogP contribution in [0.1, 0.15) is 0 Å². The number of hydrogen-bond acceptors (Lipinski definition) is 1. The number of hydrogen-bond donors (Lipinski definition) is 0. The van der Waals surface area contributed by atoms with Gasteiger partial charge in [-0.05, 0) is 24.3 Å². The fraction of sp³-hybridized carbons (Fsp3) is 0.308. The molecule has 0 saturated carbocycles. The first-order valence-corrected chi connectivity index (χ1v) is 5.81. The van der Waals surface area contributed by atoms with Gasteiger partial charge in [0.25, 0.3) is 0 Å². The quantitative estimate of drug-likeness (QED) is 0.730. The summed E-state index contributed by atoms with van der Waals surface area (Å²) in [6, 6.07) is 7.08.